The number of para-hydroxylation sites is 1. The minimum Gasteiger partial charge on any atom is -0.278 e. The number of fused-ring (bicyclic) bond motifs is 8. The predicted octanol–water partition coefficient (Wildman–Crippen LogP) is 12.6. The Morgan fingerprint density at radius 1 is 0.473 bits per heavy atom. The Bertz CT molecular complexity index is 3050. The second-order valence-corrected chi connectivity index (χ2v) is 15.7. The van der Waals surface area contributed by atoms with Crippen LogP contribution in [-0.2, 0) is 5.41 Å². The lowest BCUT2D eigenvalue weighted by Crippen LogP contribution is -2.15. The van der Waals surface area contributed by atoms with E-state index in [9.17, 15) is 0 Å². The van der Waals surface area contributed by atoms with Gasteiger partial charge >= 0.3 is 0 Å². The first kappa shape index (κ1) is 31.7. The Balaban J connectivity index is 1.06. The highest BCUT2D eigenvalue weighted by molar-refractivity contribution is 7.21. The molecule has 7 aromatic carbocycles. The first-order valence-electron chi connectivity index (χ1n) is 18.6. The van der Waals surface area contributed by atoms with Crippen LogP contribution in [0.5, 0.6) is 0 Å². The van der Waals surface area contributed by atoms with E-state index in [0.717, 1.165) is 54.6 Å². The molecule has 11 rings (SSSR count). The molecule has 0 unspecified atom stereocenters. The fourth-order valence-electron chi connectivity index (χ4n) is 8.45. The summed E-state index contributed by atoms with van der Waals surface area (Å²) in [4.78, 5) is 20.4. The number of benzene rings is 7. The Morgan fingerprint density at radius 3 is 1.78 bits per heavy atom. The summed E-state index contributed by atoms with van der Waals surface area (Å²) in [6.45, 7) is 4.68. The number of thiazole rings is 1. The van der Waals surface area contributed by atoms with Gasteiger partial charge in [0.15, 0.2) is 11.6 Å². The lowest BCUT2D eigenvalue weighted by molar-refractivity contribution is 0.665. The highest BCUT2D eigenvalue weighted by Gasteiger charge is 2.38. The van der Waals surface area contributed by atoms with Crippen molar-refractivity contribution < 1.29 is 0 Å². The first-order chi connectivity index (χ1) is 27.0. The van der Waals surface area contributed by atoms with E-state index in [4.69, 9.17) is 19.9 Å². The van der Waals surface area contributed by atoms with Crippen LogP contribution in [0.3, 0.4) is 0 Å². The quantitative estimate of drug-likeness (QED) is 0.177. The molecule has 0 saturated heterocycles. The van der Waals surface area contributed by atoms with Gasteiger partial charge in [0.25, 0.3) is 0 Å². The summed E-state index contributed by atoms with van der Waals surface area (Å²) >= 11 is 1.77. The van der Waals surface area contributed by atoms with E-state index in [1.165, 1.54) is 32.5 Å². The van der Waals surface area contributed by atoms with E-state index in [2.05, 4.69) is 122 Å². The summed E-state index contributed by atoms with van der Waals surface area (Å²) < 4.78 is 3.41. The molecule has 10 aromatic rings. The Hall–Kier alpha value is -6.76. The maximum atomic E-state index is 5.25. The predicted molar refractivity (Wildman–Crippen MR) is 227 cm³/mol. The van der Waals surface area contributed by atoms with Crippen LogP contribution in [0.25, 0.3) is 93.6 Å². The van der Waals surface area contributed by atoms with Gasteiger partial charge in [-0.3, -0.25) is 4.57 Å². The molecule has 260 valence electrons. The standard InChI is InChI=1S/C49H33N5S/c1-49(2)39-25-22-33(28-37(39)36-24-27-42-44(43(36)49)50-47(55-42)32-18-10-5-11-19-32)34-23-26-41-38(29-34)35-20-12-13-21-40(35)54(41)48-52-45(30-14-6-3-7-15-30)51-46(53-48)31-16-8-4-9-17-31/h3-29H,1-2H3. The molecule has 0 saturated carbocycles. The summed E-state index contributed by atoms with van der Waals surface area (Å²) in [5.74, 6) is 1.87. The van der Waals surface area contributed by atoms with Gasteiger partial charge < -0.3 is 0 Å². The first-order valence-corrected chi connectivity index (χ1v) is 19.4. The zero-order chi connectivity index (χ0) is 36.7. The third-order valence-corrected chi connectivity index (χ3v) is 12.2. The summed E-state index contributed by atoms with van der Waals surface area (Å²) in [5.41, 5.74) is 13.6. The number of nitrogens with zero attached hydrogens (tertiary/aromatic N) is 5. The van der Waals surface area contributed by atoms with Crippen molar-refractivity contribution in [3.63, 3.8) is 0 Å². The van der Waals surface area contributed by atoms with Gasteiger partial charge in [0, 0.05) is 32.9 Å². The number of aromatic nitrogens is 5. The summed E-state index contributed by atoms with van der Waals surface area (Å²) in [7, 11) is 0. The van der Waals surface area contributed by atoms with Gasteiger partial charge in [-0.15, -0.1) is 11.3 Å². The Labute approximate surface area is 322 Å². The molecule has 6 heteroatoms. The Kier molecular flexibility index (Phi) is 7.00. The lowest BCUT2D eigenvalue weighted by Gasteiger charge is -2.22. The second kappa shape index (κ2) is 12.1. The maximum Gasteiger partial charge on any atom is 0.238 e. The van der Waals surface area contributed by atoms with E-state index >= 15 is 0 Å². The zero-order valence-electron chi connectivity index (χ0n) is 30.2. The molecule has 1 aliphatic carbocycles. The molecule has 3 heterocycles. The molecule has 1 aliphatic rings. The third kappa shape index (κ3) is 4.99. The van der Waals surface area contributed by atoms with Crippen molar-refractivity contribution in [3.8, 4) is 61.5 Å². The van der Waals surface area contributed by atoms with Gasteiger partial charge in [-0.25, -0.2) is 9.97 Å². The fourth-order valence-corrected chi connectivity index (χ4v) is 9.43. The molecule has 55 heavy (non-hydrogen) atoms. The molecule has 0 aliphatic heterocycles. The molecule has 0 N–H and O–H groups in total. The monoisotopic (exact) mass is 723 g/mol. The molecule has 5 nitrogen and oxygen atoms in total. The highest BCUT2D eigenvalue weighted by Crippen LogP contribution is 2.53. The topological polar surface area (TPSA) is 56.5 Å². The van der Waals surface area contributed by atoms with E-state index in [1.807, 2.05) is 60.7 Å². The van der Waals surface area contributed by atoms with Crippen LogP contribution in [-0.4, -0.2) is 24.5 Å². The Morgan fingerprint density at radius 2 is 1.07 bits per heavy atom. The maximum absolute atomic E-state index is 5.25. The van der Waals surface area contributed by atoms with E-state index in [-0.39, 0.29) is 5.41 Å². The van der Waals surface area contributed by atoms with E-state index in [0.29, 0.717) is 17.6 Å². The van der Waals surface area contributed by atoms with Crippen molar-refractivity contribution in [3.05, 3.63) is 175 Å². The average molecular weight is 724 g/mol. The zero-order valence-corrected chi connectivity index (χ0v) is 31.0. The van der Waals surface area contributed by atoms with Crippen LogP contribution < -0.4 is 0 Å². The van der Waals surface area contributed by atoms with Gasteiger partial charge in [-0.2, -0.15) is 9.97 Å². The molecule has 0 atom stereocenters. The molecule has 0 amide bonds. The van der Waals surface area contributed by atoms with Gasteiger partial charge in [0.05, 0.1) is 21.3 Å². The smallest absolute Gasteiger partial charge is 0.238 e. The van der Waals surface area contributed by atoms with Crippen molar-refractivity contribution in [1.29, 1.82) is 0 Å². The van der Waals surface area contributed by atoms with Crippen LogP contribution in [0.1, 0.15) is 25.0 Å². The van der Waals surface area contributed by atoms with Crippen molar-refractivity contribution in [1.82, 2.24) is 24.5 Å². The SMILES string of the molecule is CC1(C)c2ccc(-c3ccc4c(c3)c3ccccc3n4-c3nc(-c4ccccc4)nc(-c4ccccc4)n3)cc2-c2ccc3sc(-c4ccccc4)nc3c21. The third-order valence-electron chi connectivity index (χ3n) is 11.1. The van der Waals surface area contributed by atoms with Crippen LogP contribution in [0.2, 0.25) is 0 Å². The fraction of sp³-hybridized carbons (Fsp3) is 0.0612. The van der Waals surface area contributed by atoms with Crippen molar-refractivity contribution in [2.75, 3.05) is 0 Å². The van der Waals surface area contributed by atoms with Gasteiger partial charge in [0.2, 0.25) is 5.95 Å². The minimum atomic E-state index is -0.177. The van der Waals surface area contributed by atoms with Crippen LogP contribution in [0, 0.1) is 0 Å². The molecule has 0 spiro atoms. The van der Waals surface area contributed by atoms with Gasteiger partial charge in [-0.05, 0) is 63.7 Å². The molecule has 0 bridgehead atoms. The molecular weight excluding hydrogens is 691 g/mol. The summed E-state index contributed by atoms with van der Waals surface area (Å²) in [6, 6.07) is 57.6. The lowest BCUT2D eigenvalue weighted by atomic mass is 9.81. The summed E-state index contributed by atoms with van der Waals surface area (Å²) in [6.07, 6.45) is 0. The van der Waals surface area contributed by atoms with Crippen molar-refractivity contribution in [2.45, 2.75) is 19.3 Å². The van der Waals surface area contributed by atoms with Gasteiger partial charge in [0.1, 0.15) is 5.01 Å². The van der Waals surface area contributed by atoms with E-state index in [1.54, 1.807) is 11.3 Å². The molecule has 3 aromatic heterocycles. The number of hydrogen-bond donors (Lipinski definition) is 0. The van der Waals surface area contributed by atoms with Crippen molar-refractivity contribution >= 4 is 43.4 Å². The van der Waals surface area contributed by atoms with Gasteiger partial charge in [-0.1, -0.05) is 147 Å². The normalized spacial score (nSPS) is 13.1. The largest absolute Gasteiger partial charge is 0.278 e. The van der Waals surface area contributed by atoms with Crippen LogP contribution >= 0.6 is 11.3 Å². The molecule has 0 radical (unpaired) electrons. The number of rotatable bonds is 5. The van der Waals surface area contributed by atoms with Crippen LogP contribution in [0.4, 0.5) is 0 Å². The average Bonchev–Trinajstić information content (AvgIpc) is 3.89. The van der Waals surface area contributed by atoms with Crippen LogP contribution in [0.15, 0.2) is 164 Å². The second-order valence-electron chi connectivity index (χ2n) is 14.7. The minimum absolute atomic E-state index is 0.177. The summed E-state index contributed by atoms with van der Waals surface area (Å²) in [5, 5.41) is 3.36. The molecule has 0 fully saturated rings. The molecular formula is C49H33N5S. The number of hydrogen-bond acceptors (Lipinski definition) is 5. The van der Waals surface area contributed by atoms with E-state index < -0.39 is 0 Å². The van der Waals surface area contributed by atoms with Crippen molar-refractivity contribution in [2.24, 2.45) is 0 Å². The highest BCUT2D eigenvalue weighted by atomic mass is 32.1.